The van der Waals surface area contributed by atoms with Crippen LogP contribution in [0.3, 0.4) is 0 Å². The highest BCUT2D eigenvalue weighted by molar-refractivity contribution is 6.42. The van der Waals surface area contributed by atoms with Crippen molar-refractivity contribution in [1.29, 1.82) is 0 Å². The van der Waals surface area contributed by atoms with Gasteiger partial charge in [0.2, 0.25) is 5.88 Å². The molecule has 0 fully saturated rings. The average molecular weight is 326 g/mol. The molecule has 112 valence electrons. The maximum Gasteiger partial charge on any atom is 0.238 e. The molecule has 4 nitrogen and oxygen atoms in total. The van der Waals surface area contributed by atoms with Crippen molar-refractivity contribution in [2.75, 3.05) is 6.54 Å². The zero-order valence-electron chi connectivity index (χ0n) is 11.9. The molecule has 0 saturated carbocycles. The summed E-state index contributed by atoms with van der Waals surface area (Å²) < 4.78 is 5.58. The summed E-state index contributed by atoms with van der Waals surface area (Å²) >= 11 is 12.0. The Morgan fingerprint density at radius 2 is 1.95 bits per heavy atom. The molecule has 6 heteroatoms. The van der Waals surface area contributed by atoms with E-state index >= 15 is 0 Å². The third-order valence-corrected chi connectivity index (χ3v) is 3.49. The van der Waals surface area contributed by atoms with Crippen molar-refractivity contribution in [3.05, 3.63) is 46.1 Å². The maximum absolute atomic E-state index is 6.06. The predicted molar refractivity (Wildman–Crippen MR) is 85.1 cm³/mol. The fraction of sp³-hybridized carbons (Fsp3) is 0.333. The number of hydrogen-bond acceptors (Lipinski definition) is 4. The van der Waals surface area contributed by atoms with E-state index in [1.165, 1.54) is 0 Å². The first-order valence-electron chi connectivity index (χ1n) is 6.71. The maximum atomic E-state index is 6.06. The summed E-state index contributed by atoms with van der Waals surface area (Å²) in [6.45, 7) is 5.94. The molecular weight excluding hydrogens is 309 g/mol. The quantitative estimate of drug-likeness (QED) is 0.859. The van der Waals surface area contributed by atoms with E-state index in [4.69, 9.17) is 27.9 Å². The lowest BCUT2D eigenvalue weighted by Crippen LogP contribution is -2.19. The Morgan fingerprint density at radius 3 is 2.62 bits per heavy atom. The Balaban J connectivity index is 1.97. The molecule has 0 bridgehead atoms. The smallest absolute Gasteiger partial charge is 0.238 e. The van der Waals surface area contributed by atoms with Gasteiger partial charge in [0.15, 0.2) is 0 Å². The molecular formula is C15H17Cl2N3O. The number of nitrogens with one attached hydrogen (secondary N) is 1. The van der Waals surface area contributed by atoms with Crippen molar-refractivity contribution in [3.8, 4) is 11.6 Å². The SMILES string of the molecule is CC(C)CNCc1ccc(Oc2cccc(Cl)c2Cl)nn1. The van der Waals surface area contributed by atoms with Crippen LogP contribution in [0.4, 0.5) is 0 Å². The molecule has 0 atom stereocenters. The van der Waals surface area contributed by atoms with Crippen molar-refractivity contribution in [2.45, 2.75) is 20.4 Å². The summed E-state index contributed by atoms with van der Waals surface area (Å²) in [6, 6.07) is 8.83. The van der Waals surface area contributed by atoms with Crippen molar-refractivity contribution in [3.63, 3.8) is 0 Å². The highest BCUT2D eigenvalue weighted by atomic mass is 35.5. The summed E-state index contributed by atoms with van der Waals surface area (Å²) in [5.41, 5.74) is 0.861. The van der Waals surface area contributed by atoms with Gasteiger partial charge in [0, 0.05) is 12.6 Å². The van der Waals surface area contributed by atoms with Crippen molar-refractivity contribution < 1.29 is 4.74 Å². The standard InChI is InChI=1S/C15H17Cl2N3O/c1-10(2)8-18-9-11-6-7-14(20-19-11)21-13-5-3-4-12(16)15(13)17/h3-7,10,18H,8-9H2,1-2H3. The zero-order valence-corrected chi connectivity index (χ0v) is 13.4. The van der Waals surface area contributed by atoms with Crippen LogP contribution in [0.15, 0.2) is 30.3 Å². The Morgan fingerprint density at radius 1 is 1.14 bits per heavy atom. The van der Waals surface area contributed by atoms with Gasteiger partial charge in [-0.2, -0.15) is 5.10 Å². The van der Waals surface area contributed by atoms with E-state index < -0.39 is 0 Å². The minimum Gasteiger partial charge on any atom is -0.436 e. The molecule has 0 aliphatic heterocycles. The minimum absolute atomic E-state index is 0.364. The van der Waals surface area contributed by atoms with Gasteiger partial charge in [0.1, 0.15) is 10.8 Å². The lowest BCUT2D eigenvalue weighted by molar-refractivity contribution is 0.452. The Hall–Kier alpha value is -1.36. The van der Waals surface area contributed by atoms with Gasteiger partial charge in [0.05, 0.1) is 10.7 Å². The molecule has 1 aromatic heterocycles. The normalized spacial score (nSPS) is 10.9. The number of rotatable bonds is 6. The Kier molecular flexibility index (Phi) is 5.79. The van der Waals surface area contributed by atoms with Crippen LogP contribution < -0.4 is 10.1 Å². The van der Waals surface area contributed by atoms with Gasteiger partial charge in [-0.05, 0) is 30.7 Å². The topological polar surface area (TPSA) is 47.0 Å². The van der Waals surface area contributed by atoms with Crippen LogP contribution in [0.5, 0.6) is 11.6 Å². The van der Waals surface area contributed by atoms with E-state index in [-0.39, 0.29) is 0 Å². The summed E-state index contributed by atoms with van der Waals surface area (Å²) in [5.74, 6) is 1.45. The van der Waals surface area contributed by atoms with Crippen molar-refractivity contribution in [2.24, 2.45) is 5.92 Å². The third kappa shape index (κ3) is 4.84. The largest absolute Gasteiger partial charge is 0.436 e. The van der Waals surface area contributed by atoms with Crippen LogP contribution in [-0.2, 0) is 6.54 Å². The van der Waals surface area contributed by atoms with Gasteiger partial charge in [-0.25, -0.2) is 0 Å². The molecule has 2 aromatic rings. The number of hydrogen-bond donors (Lipinski definition) is 1. The molecule has 1 N–H and O–H groups in total. The van der Waals surface area contributed by atoms with Crippen LogP contribution in [0.2, 0.25) is 10.0 Å². The van der Waals surface area contributed by atoms with Gasteiger partial charge >= 0.3 is 0 Å². The third-order valence-electron chi connectivity index (χ3n) is 2.68. The highest BCUT2D eigenvalue weighted by Crippen LogP contribution is 2.33. The molecule has 21 heavy (non-hydrogen) atoms. The first-order valence-corrected chi connectivity index (χ1v) is 7.47. The number of ether oxygens (including phenoxy) is 1. The fourth-order valence-corrected chi connectivity index (χ4v) is 1.99. The molecule has 0 amide bonds. The molecule has 1 heterocycles. The molecule has 0 aliphatic carbocycles. The monoisotopic (exact) mass is 325 g/mol. The van der Waals surface area contributed by atoms with Crippen molar-refractivity contribution in [1.82, 2.24) is 15.5 Å². The van der Waals surface area contributed by atoms with Crippen LogP contribution in [0.25, 0.3) is 0 Å². The zero-order chi connectivity index (χ0) is 15.2. The van der Waals surface area contributed by atoms with Crippen LogP contribution in [0.1, 0.15) is 19.5 Å². The molecule has 0 unspecified atom stereocenters. The number of halogens is 2. The van der Waals surface area contributed by atoms with E-state index in [1.807, 2.05) is 6.07 Å². The summed E-state index contributed by atoms with van der Waals surface area (Å²) in [5, 5.41) is 12.2. The second kappa shape index (κ2) is 7.59. The Labute approximate surface area is 134 Å². The predicted octanol–water partition coefficient (Wildman–Crippen LogP) is 4.32. The minimum atomic E-state index is 0.364. The van der Waals surface area contributed by atoms with E-state index in [0.717, 1.165) is 12.2 Å². The number of nitrogens with zero attached hydrogens (tertiary/aromatic N) is 2. The molecule has 0 aliphatic rings. The first-order chi connectivity index (χ1) is 10.1. The van der Waals surface area contributed by atoms with Gasteiger partial charge in [-0.15, -0.1) is 5.10 Å². The summed E-state index contributed by atoms with van der Waals surface area (Å²) in [6.07, 6.45) is 0. The van der Waals surface area contributed by atoms with Crippen LogP contribution >= 0.6 is 23.2 Å². The molecule has 0 spiro atoms. The highest BCUT2D eigenvalue weighted by Gasteiger charge is 2.07. The van der Waals surface area contributed by atoms with E-state index in [1.54, 1.807) is 24.3 Å². The summed E-state index contributed by atoms with van der Waals surface area (Å²) in [4.78, 5) is 0. The summed E-state index contributed by atoms with van der Waals surface area (Å²) in [7, 11) is 0. The number of aromatic nitrogens is 2. The van der Waals surface area contributed by atoms with Gasteiger partial charge in [0.25, 0.3) is 0 Å². The van der Waals surface area contributed by atoms with Crippen LogP contribution in [-0.4, -0.2) is 16.7 Å². The lowest BCUT2D eigenvalue weighted by atomic mass is 10.2. The number of benzene rings is 1. The van der Waals surface area contributed by atoms with Gasteiger partial charge in [-0.1, -0.05) is 43.1 Å². The fourth-order valence-electron chi connectivity index (χ4n) is 1.66. The van der Waals surface area contributed by atoms with Gasteiger partial charge < -0.3 is 10.1 Å². The molecule has 1 aromatic carbocycles. The van der Waals surface area contributed by atoms with E-state index in [2.05, 4.69) is 29.4 Å². The van der Waals surface area contributed by atoms with E-state index in [0.29, 0.717) is 34.1 Å². The second-order valence-electron chi connectivity index (χ2n) is 5.04. The molecule has 0 radical (unpaired) electrons. The lowest BCUT2D eigenvalue weighted by Gasteiger charge is -2.08. The van der Waals surface area contributed by atoms with Gasteiger partial charge in [-0.3, -0.25) is 0 Å². The Bertz CT molecular complexity index is 588. The average Bonchev–Trinajstić information content (AvgIpc) is 2.45. The van der Waals surface area contributed by atoms with Crippen molar-refractivity contribution >= 4 is 23.2 Å². The molecule has 0 saturated heterocycles. The van der Waals surface area contributed by atoms with E-state index in [9.17, 15) is 0 Å². The second-order valence-corrected chi connectivity index (χ2v) is 5.83. The molecule has 2 rings (SSSR count). The first kappa shape index (κ1) is 16.0. The van der Waals surface area contributed by atoms with Crippen LogP contribution in [0, 0.1) is 5.92 Å².